The molecule has 7 atom stereocenters. The molecule has 2 saturated carbocycles. The van der Waals surface area contributed by atoms with Crippen LogP contribution in [0.2, 0.25) is 0 Å². The van der Waals surface area contributed by atoms with E-state index >= 15 is 0 Å². The van der Waals surface area contributed by atoms with Crippen LogP contribution in [0, 0.1) is 22.7 Å². The van der Waals surface area contributed by atoms with Crippen LogP contribution in [-0.2, 0) is 14.3 Å². The van der Waals surface area contributed by atoms with Gasteiger partial charge in [0.05, 0.1) is 12.2 Å². The molecular formula is C14H16O3. The van der Waals surface area contributed by atoms with Crippen molar-refractivity contribution in [2.24, 2.45) is 22.7 Å². The summed E-state index contributed by atoms with van der Waals surface area (Å²) < 4.78 is 11.8. The Morgan fingerprint density at radius 2 is 2.29 bits per heavy atom. The van der Waals surface area contributed by atoms with Gasteiger partial charge in [-0.2, -0.15) is 0 Å². The van der Waals surface area contributed by atoms with Crippen molar-refractivity contribution < 1.29 is 14.3 Å². The minimum Gasteiger partial charge on any atom is -0.461 e. The van der Waals surface area contributed by atoms with Gasteiger partial charge in [0, 0.05) is 11.3 Å². The molecule has 3 heterocycles. The number of fused-ring (bicyclic) bond motifs is 5. The fourth-order valence-corrected chi connectivity index (χ4v) is 5.94. The van der Waals surface area contributed by atoms with Crippen LogP contribution in [0.3, 0.4) is 0 Å². The normalized spacial score (nSPS) is 65.2. The van der Waals surface area contributed by atoms with Gasteiger partial charge in [-0.3, -0.25) is 4.79 Å². The molecule has 4 fully saturated rings. The summed E-state index contributed by atoms with van der Waals surface area (Å²) in [5, 5.41) is 0. The molecule has 5 rings (SSSR count). The van der Waals surface area contributed by atoms with Crippen molar-refractivity contribution in [3.8, 4) is 0 Å². The smallest absolute Gasteiger partial charge is 0.316 e. The highest BCUT2D eigenvalue weighted by atomic mass is 16.6. The molecule has 0 radical (unpaired) electrons. The Hall–Kier alpha value is -0.830. The maximum atomic E-state index is 12.5. The maximum absolute atomic E-state index is 12.5. The second kappa shape index (κ2) is 2.20. The molecule has 0 amide bonds. The average molecular weight is 232 g/mol. The Morgan fingerprint density at radius 3 is 3.12 bits per heavy atom. The monoisotopic (exact) mass is 232 g/mol. The lowest BCUT2D eigenvalue weighted by Crippen LogP contribution is -2.52. The number of carbonyl (C=O) groups excluding carboxylic acids is 1. The predicted molar refractivity (Wildman–Crippen MR) is 59.1 cm³/mol. The molecule has 0 aromatic heterocycles. The minimum absolute atomic E-state index is 0.00491. The van der Waals surface area contributed by atoms with Gasteiger partial charge in [0.25, 0.3) is 0 Å². The standard InChI is InChI=1S/C14H16O3/c1-6-3-8-10-7-4-9-13(2,5-7)14(10,11(6)16-8)12(15)17-9/h3,7-11H,4-5H2,1-2H3. The van der Waals surface area contributed by atoms with Gasteiger partial charge in [0.15, 0.2) is 0 Å². The summed E-state index contributed by atoms with van der Waals surface area (Å²) in [7, 11) is 0. The minimum atomic E-state index is -0.329. The van der Waals surface area contributed by atoms with Gasteiger partial charge in [-0.1, -0.05) is 13.0 Å². The first-order valence-electron chi connectivity index (χ1n) is 6.64. The molecule has 17 heavy (non-hydrogen) atoms. The summed E-state index contributed by atoms with van der Waals surface area (Å²) in [5.41, 5.74) is 0.955. The Labute approximate surface area is 100 Å². The molecule has 2 saturated heterocycles. The molecule has 1 spiro atoms. The molecule has 0 aromatic rings. The average Bonchev–Trinajstić information content (AvgIpc) is 2.93. The van der Waals surface area contributed by atoms with E-state index < -0.39 is 0 Å². The quantitative estimate of drug-likeness (QED) is 0.471. The van der Waals surface area contributed by atoms with Gasteiger partial charge in [-0.05, 0) is 31.3 Å². The van der Waals surface area contributed by atoms with Gasteiger partial charge in [-0.25, -0.2) is 0 Å². The zero-order valence-electron chi connectivity index (χ0n) is 10.1. The van der Waals surface area contributed by atoms with Crippen LogP contribution >= 0.6 is 0 Å². The highest BCUT2D eigenvalue weighted by molar-refractivity contribution is 5.85. The lowest BCUT2D eigenvalue weighted by Gasteiger charge is -2.42. The Kier molecular flexibility index (Phi) is 1.19. The first kappa shape index (κ1) is 9.15. The van der Waals surface area contributed by atoms with Crippen molar-refractivity contribution in [1.29, 1.82) is 0 Å². The van der Waals surface area contributed by atoms with E-state index in [0.717, 1.165) is 12.8 Å². The molecule has 3 aliphatic heterocycles. The number of carbonyl (C=O) groups is 1. The zero-order valence-corrected chi connectivity index (χ0v) is 10.1. The second-order valence-corrected chi connectivity index (χ2v) is 6.80. The van der Waals surface area contributed by atoms with E-state index in [1.54, 1.807) is 0 Å². The number of esters is 1. The highest BCUT2D eigenvalue weighted by Gasteiger charge is 2.85. The van der Waals surface area contributed by atoms with E-state index in [1.165, 1.54) is 5.57 Å². The number of ether oxygens (including phenoxy) is 2. The highest BCUT2D eigenvalue weighted by Crippen LogP contribution is 2.78. The van der Waals surface area contributed by atoms with E-state index in [4.69, 9.17) is 9.47 Å². The number of hydrogen-bond donors (Lipinski definition) is 0. The lowest BCUT2D eigenvalue weighted by atomic mass is 9.55. The molecule has 3 nitrogen and oxygen atoms in total. The summed E-state index contributed by atoms with van der Waals surface area (Å²) in [6, 6.07) is 0. The molecular weight excluding hydrogens is 216 g/mol. The van der Waals surface area contributed by atoms with Gasteiger partial charge in [0.1, 0.15) is 11.5 Å². The third-order valence-electron chi connectivity index (χ3n) is 6.38. The van der Waals surface area contributed by atoms with Gasteiger partial charge < -0.3 is 9.47 Å². The molecule has 3 heteroatoms. The first-order chi connectivity index (χ1) is 8.09. The Balaban J connectivity index is 1.84. The van der Waals surface area contributed by atoms with E-state index in [0.29, 0.717) is 11.8 Å². The van der Waals surface area contributed by atoms with E-state index in [1.807, 2.05) is 0 Å². The summed E-state index contributed by atoms with van der Waals surface area (Å²) in [6.07, 6.45) is 4.81. The van der Waals surface area contributed by atoms with Crippen molar-refractivity contribution in [1.82, 2.24) is 0 Å². The van der Waals surface area contributed by atoms with Crippen LogP contribution in [0.15, 0.2) is 11.6 Å². The van der Waals surface area contributed by atoms with E-state index in [2.05, 4.69) is 19.9 Å². The molecule has 0 N–H and O–H groups in total. The number of rotatable bonds is 0. The van der Waals surface area contributed by atoms with Crippen LogP contribution in [0.1, 0.15) is 26.7 Å². The van der Waals surface area contributed by atoms with E-state index in [-0.39, 0.29) is 35.1 Å². The molecule has 2 aliphatic carbocycles. The second-order valence-electron chi connectivity index (χ2n) is 6.80. The third-order valence-corrected chi connectivity index (χ3v) is 6.38. The van der Waals surface area contributed by atoms with Crippen LogP contribution in [0.5, 0.6) is 0 Å². The molecule has 0 aromatic carbocycles. The van der Waals surface area contributed by atoms with Gasteiger partial charge >= 0.3 is 5.97 Å². The topological polar surface area (TPSA) is 35.5 Å². The van der Waals surface area contributed by atoms with Crippen LogP contribution in [0.25, 0.3) is 0 Å². The van der Waals surface area contributed by atoms with Crippen LogP contribution < -0.4 is 0 Å². The van der Waals surface area contributed by atoms with Gasteiger partial charge in [-0.15, -0.1) is 0 Å². The zero-order chi connectivity index (χ0) is 11.6. The van der Waals surface area contributed by atoms with Crippen molar-refractivity contribution in [2.75, 3.05) is 0 Å². The summed E-state index contributed by atoms with van der Waals surface area (Å²) in [6.45, 7) is 4.37. The van der Waals surface area contributed by atoms with Crippen LogP contribution in [0.4, 0.5) is 0 Å². The molecule has 5 aliphatic rings. The summed E-state index contributed by atoms with van der Waals surface area (Å²) in [5.74, 6) is 1.07. The number of hydrogen-bond acceptors (Lipinski definition) is 3. The molecule has 7 unspecified atom stereocenters. The van der Waals surface area contributed by atoms with Crippen molar-refractivity contribution >= 4 is 5.97 Å². The molecule has 90 valence electrons. The fourth-order valence-electron chi connectivity index (χ4n) is 5.94. The maximum Gasteiger partial charge on any atom is 0.316 e. The Bertz CT molecular complexity index is 496. The fraction of sp³-hybridized carbons (Fsp3) is 0.786. The summed E-state index contributed by atoms with van der Waals surface area (Å²) >= 11 is 0. The third kappa shape index (κ3) is 0.620. The Morgan fingerprint density at radius 1 is 1.47 bits per heavy atom. The van der Waals surface area contributed by atoms with Crippen LogP contribution in [-0.4, -0.2) is 24.3 Å². The summed E-state index contributed by atoms with van der Waals surface area (Å²) in [4.78, 5) is 12.5. The molecule has 4 bridgehead atoms. The van der Waals surface area contributed by atoms with E-state index in [9.17, 15) is 4.79 Å². The largest absolute Gasteiger partial charge is 0.461 e. The SMILES string of the molecule is CC1=CC2OC1C13C(=O)OC4CC(CC41C)C23. The predicted octanol–water partition coefficient (Wildman–Crippen LogP) is 1.67. The van der Waals surface area contributed by atoms with Crippen molar-refractivity contribution in [3.63, 3.8) is 0 Å². The van der Waals surface area contributed by atoms with Gasteiger partial charge in [0.2, 0.25) is 0 Å². The first-order valence-corrected chi connectivity index (χ1v) is 6.64. The lowest BCUT2D eigenvalue weighted by molar-refractivity contribution is -0.150. The van der Waals surface area contributed by atoms with Crippen molar-refractivity contribution in [2.45, 2.75) is 45.0 Å². The van der Waals surface area contributed by atoms with Crippen molar-refractivity contribution in [3.05, 3.63) is 11.6 Å².